The highest BCUT2D eigenvalue weighted by Gasteiger charge is 2.30. The number of morpholine rings is 1. The minimum atomic E-state index is -0.608. The van der Waals surface area contributed by atoms with E-state index in [1.807, 2.05) is 30.3 Å². The number of nitrogens with one attached hydrogen (secondary N) is 1. The van der Waals surface area contributed by atoms with Crippen LogP contribution in [0.25, 0.3) is 0 Å². The van der Waals surface area contributed by atoms with Crippen molar-refractivity contribution >= 4 is 30.7 Å². The lowest BCUT2D eigenvalue weighted by molar-refractivity contribution is -0.122. The van der Waals surface area contributed by atoms with Gasteiger partial charge in [0.2, 0.25) is 5.91 Å². The van der Waals surface area contributed by atoms with Crippen LogP contribution in [0.15, 0.2) is 30.3 Å². The third-order valence-electron chi connectivity index (χ3n) is 3.94. The summed E-state index contributed by atoms with van der Waals surface area (Å²) in [5.74, 6) is -0.132. The van der Waals surface area contributed by atoms with Gasteiger partial charge in [-0.3, -0.25) is 9.69 Å². The molecule has 3 N–H and O–H groups in total. The number of hydrogen-bond donors (Lipinski definition) is 2. The van der Waals surface area contributed by atoms with E-state index in [0.717, 1.165) is 31.9 Å². The van der Waals surface area contributed by atoms with Crippen LogP contribution in [0.2, 0.25) is 0 Å². The lowest BCUT2D eigenvalue weighted by Crippen LogP contribution is -2.55. The predicted molar refractivity (Wildman–Crippen MR) is 97.3 cm³/mol. The molecule has 0 aromatic heterocycles. The predicted octanol–water partition coefficient (Wildman–Crippen LogP) is 1.76. The van der Waals surface area contributed by atoms with Crippen LogP contribution in [-0.2, 0) is 9.53 Å². The summed E-state index contributed by atoms with van der Waals surface area (Å²) in [7, 11) is 0. The molecular weight excluding hydrogens is 337 g/mol. The fourth-order valence-corrected chi connectivity index (χ4v) is 2.54. The first-order chi connectivity index (χ1) is 10.0. The van der Waals surface area contributed by atoms with Crippen molar-refractivity contribution in [2.75, 3.05) is 32.8 Å². The molecular formula is C16H27Cl2N3O2. The molecule has 1 atom stereocenters. The zero-order chi connectivity index (χ0) is 15.3. The molecule has 1 saturated heterocycles. The van der Waals surface area contributed by atoms with Crippen LogP contribution in [-0.4, -0.2) is 49.2 Å². The van der Waals surface area contributed by atoms with Gasteiger partial charge in [-0.25, -0.2) is 0 Å². The maximum absolute atomic E-state index is 12.1. The highest BCUT2D eigenvalue weighted by atomic mass is 35.5. The van der Waals surface area contributed by atoms with Crippen molar-refractivity contribution in [2.45, 2.75) is 25.4 Å². The van der Waals surface area contributed by atoms with Crippen LogP contribution in [0.5, 0.6) is 0 Å². The molecule has 1 aromatic rings. The van der Waals surface area contributed by atoms with Crippen molar-refractivity contribution in [3.05, 3.63) is 35.9 Å². The molecule has 0 bridgehead atoms. The van der Waals surface area contributed by atoms with Crippen molar-refractivity contribution in [1.82, 2.24) is 10.2 Å². The first-order valence-corrected chi connectivity index (χ1v) is 7.42. The van der Waals surface area contributed by atoms with Gasteiger partial charge in [0.1, 0.15) is 6.04 Å². The molecule has 7 heteroatoms. The Morgan fingerprint density at radius 2 is 2.00 bits per heavy atom. The highest BCUT2D eigenvalue weighted by molar-refractivity contribution is 5.85. The van der Waals surface area contributed by atoms with Crippen molar-refractivity contribution in [2.24, 2.45) is 5.73 Å². The van der Waals surface area contributed by atoms with Crippen LogP contribution in [0.4, 0.5) is 0 Å². The quantitative estimate of drug-likeness (QED) is 0.836. The summed E-state index contributed by atoms with van der Waals surface area (Å²) in [5.41, 5.74) is 6.82. The van der Waals surface area contributed by atoms with Crippen molar-refractivity contribution in [3.63, 3.8) is 0 Å². The molecule has 2 rings (SSSR count). The number of rotatable bonds is 5. The van der Waals surface area contributed by atoms with Gasteiger partial charge in [-0.05, 0) is 19.4 Å². The Kier molecular flexibility index (Phi) is 9.73. The van der Waals surface area contributed by atoms with Crippen LogP contribution in [0, 0.1) is 0 Å². The first-order valence-electron chi connectivity index (χ1n) is 7.42. The molecule has 132 valence electrons. The van der Waals surface area contributed by atoms with E-state index >= 15 is 0 Å². The Bertz CT molecular complexity index is 472. The molecule has 1 fully saturated rings. The molecule has 1 heterocycles. The summed E-state index contributed by atoms with van der Waals surface area (Å²) in [6.07, 6.45) is 0. The lowest BCUT2D eigenvalue weighted by Gasteiger charge is -2.42. The second kappa shape index (κ2) is 10.1. The standard InChI is InChI=1S/C16H25N3O2.2ClH/c1-16(2)12-21-11-10-19(16)9-8-18-15(20)14(17)13-6-4-3-5-7-13;;/h3-7,14H,8-12,17H2,1-2H3,(H,18,20);2*1H. The zero-order valence-corrected chi connectivity index (χ0v) is 15.3. The zero-order valence-electron chi connectivity index (χ0n) is 13.7. The van der Waals surface area contributed by atoms with E-state index < -0.39 is 6.04 Å². The van der Waals surface area contributed by atoms with Gasteiger partial charge in [-0.15, -0.1) is 24.8 Å². The highest BCUT2D eigenvalue weighted by Crippen LogP contribution is 2.18. The van der Waals surface area contributed by atoms with E-state index in [2.05, 4.69) is 24.1 Å². The van der Waals surface area contributed by atoms with Gasteiger partial charge < -0.3 is 15.8 Å². The molecule has 1 aliphatic rings. The van der Waals surface area contributed by atoms with E-state index in [1.165, 1.54) is 0 Å². The topological polar surface area (TPSA) is 67.6 Å². The summed E-state index contributed by atoms with van der Waals surface area (Å²) in [6, 6.07) is 8.82. The molecule has 0 aliphatic carbocycles. The number of carbonyl (C=O) groups is 1. The SMILES string of the molecule is CC1(C)COCCN1CCNC(=O)C(N)c1ccccc1.Cl.Cl. The number of carbonyl (C=O) groups excluding carboxylic acids is 1. The number of ether oxygens (including phenoxy) is 1. The average Bonchev–Trinajstić information content (AvgIpc) is 2.48. The van der Waals surface area contributed by atoms with Gasteiger partial charge >= 0.3 is 0 Å². The fourth-order valence-electron chi connectivity index (χ4n) is 2.54. The largest absolute Gasteiger partial charge is 0.378 e. The minimum Gasteiger partial charge on any atom is -0.378 e. The smallest absolute Gasteiger partial charge is 0.241 e. The maximum Gasteiger partial charge on any atom is 0.241 e. The molecule has 23 heavy (non-hydrogen) atoms. The van der Waals surface area contributed by atoms with E-state index in [-0.39, 0.29) is 36.3 Å². The summed E-state index contributed by atoms with van der Waals surface area (Å²) >= 11 is 0. The molecule has 0 spiro atoms. The van der Waals surface area contributed by atoms with Crippen LogP contribution in [0.1, 0.15) is 25.5 Å². The Morgan fingerprint density at radius 3 is 2.61 bits per heavy atom. The van der Waals surface area contributed by atoms with Gasteiger partial charge in [0.25, 0.3) is 0 Å². The number of halogens is 2. The van der Waals surface area contributed by atoms with Crippen LogP contribution in [0.3, 0.4) is 0 Å². The molecule has 0 radical (unpaired) electrons. The number of benzene rings is 1. The van der Waals surface area contributed by atoms with E-state index in [1.54, 1.807) is 0 Å². The molecule has 5 nitrogen and oxygen atoms in total. The first kappa shape index (κ1) is 22.1. The van der Waals surface area contributed by atoms with E-state index in [4.69, 9.17) is 10.5 Å². The third-order valence-corrected chi connectivity index (χ3v) is 3.94. The van der Waals surface area contributed by atoms with Gasteiger partial charge in [0.05, 0.1) is 13.2 Å². The summed E-state index contributed by atoms with van der Waals surface area (Å²) in [4.78, 5) is 14.4. The van der Waals surface area contributed by atoms with Crippen molar-refractivity contribution in [3.8, 4) is 0 Å². The minimum absolute atomic E-state index is 0. The second-order valence-electron chi connectivity index (χ2n) is 6.03. The lowest BCUT2D eigenvalue weighted by atomic mass is 10.0. The monoisotopic (exact) mass is 363 g/mol. The number of nitrogens with zero attached hydrogens (tertiary/aromatic N) is 1. The number of amides is 1. The van der Waals surface area contributed by atoms with Gasteiger partial charge in [0.15, 0.2) is 0 Å². The third kappa shape index (κ3) is 6.28. The summed E-state index contributed by atoms with van der Waals surface area (Å²) in [5, 5.41) is 2.92. The Morgan fingerprint density at radius 1 is 1.35 bits per heavy atom. The number of hydrogen-bond acceptors (Lipinski definition) is 4. The van der Waals surface area contributed by atoms with Crippen molar-refractivity contribution < 1.29 is 9.53 Å². The van der Waals surface area contributed by atoms with E-state index in [9.17, 15) is 4.79 Å². The Balaban J connectivity index is 0.00000242. The van der Waals surface area contributed by atoms with Crippen LogP contribution < -0.4 is 11.1 Å². The average molecular weight is 364 g/mol. The van der Waals surface area contributed by atoms with Crippen molar-refractivity contribution in [1.29, 1.82) is 0 Å². The molecule has 1 aliphatic heterocycles. The fraction of sp³-hybridized carbons (Fsp3) is 0.562. The summed E-state index contributed by atoms with van der Waals surface area (Å²) < 4.78 is 5.49. The molecule has 1 amide bonds. The normalized spacial score (nSPS) is 18.2. The van der Waals surface area contributed by atoms with Gasteiger partial charge in [-0.1, -0.05) is 30.3 Å². The summed E-state index contributed by atoms with van der Waals surface area (Å²) in [6.45, 7) is 8.10. The Labute approximate surface area is 150 Å². The number of nitrogens with two attached hydrogens (primary N) is 1. The molecule has 0 saturated carbocycles. The van der Waals surface area contributed by atoms with Gasteiger partial charge in [0, 0.05) is 25.2 Å². The molecule has 1 unspecified atom stereocenters. The maximum atomic E-state index is 12.1. The van der Waals surface area contributed by atoms with E-state index in [0.29, 0.717) is 6.54 Å². The van der Waals surface area contributed by atoms with Crippen LogP contribution >= 0.6 is 24.8 Å². The Hall–Kier alpha value is -0.850. The second-order valence-corrected chi connectivity index (χ2v) is 6.03. The molecule has 1 aromatic carbocycles. The van der Waals surface area contributed by atoms with Gasteiger partial charge in [-0.2, -0.15) is 0 Å².